The van der Waals surface area contributed by atoms with Crippen molar-refractivity contribution in [3.05, 3.63) is 35.9 Å². The van der Waals surface area contributed by atoms with Crippen molar-refractivity contribution in [1.82, 2.24) is 20.9 Å². The monoisotopic (exact) mass is 639 g/mol. The van der Waals surface area contributed by atoms with Gasteiger partial charge in [0.25, 0.3) is 5.91 Å². The van der Waals surface area contributed by atoms with Crippen LogP contribution < -0.4 is 21.7 Å². The maximum absolute atomic E-state index is 14.2. The summed E-state index contributed by atoms with van der Waals surface area (Å²) in [5.74, 6) is -3.34. The van der Waals surface area contributed by atoms with Gasteiger partial charge in [-0.15, -0.1) is 0 Å². The van der Waals surface area contributed by atoms with Crippen LogP contribution in [0.2, 0.25) is 0 Å². The van der Waals surface area contributed by atoms with Crippen LogP contribution in [-0.2, 0) is 35.3 Å². The van der Waals surface area contributed by atoms with E-state index in [-0.39, 0.29) is 29.8 Å². The normalized spacial score (nSPS) is 23.3. The molecular weight excluding hydrogens is 590 g/mol. The summed E-state index contributed by atoms with van der Waals surface area (Å²) < 4.78 is 5.46. The van der Waals surface area contributed by atoms with Crippen molar-refractivity contribution in [2.24, 2.45) is 34.3 Å². The molecular formula is C34H49N5O7. The highest BCUT2D eigenvalue weighted by Gasteiger charge is 2.70. The zero-order valence-electron chi connectivity index (χ0n) is 27.8. The summed E-state index contributed by atoms with van der Waals surface area (Å²) in [6.45, 7) is 11.8. The van der Waals surface area contributed by atoms with E-state index in [2.05, 4.69) is 16.0 Å². The number of hydrogen-bond acceptors (Lipinski definition) is 7. The lowest BCUT2D eigenvalue weighted by Crippen LogP contribution is -2.62. The van der Waals surface area contributed by atoms with Gasteiger partial charge in [0.1, 0.15) is 24.7 Å². The number of nitrogens with zero attached hydrogens (tertiary/aromatic N) is 1. The SMILES string of the molecule is CCC[C@H](NC(=O)N[C@H](C(=O)N1C[C@H]2[C@@H]([C@H]1C(=O)NC(CC1CC1)C(=O)C(N)=O)C2(C)C)C(C)(C)C)C(=O)OCc1ccccc1. The van der Waals surface area contributed by atoms with Gasteiger partial charge in [0.15, 0.2) is 0 Å². The number of ketones is 1. The molecule has 3 aliphatic rings. The van der Waals surface area contributed by atoms with Crippen LogP contribution in [0.1, 0.15) is 79.2 Å². The van der Waals surface area contributed by atoms with E-state index >= 15 is 0 Å². The van der Waals surface area contributed by atoms with Crippen molar-refractivity contribution in [3.63, 3.8) is 0 Å². The summed E-state index contributed by atoms with van der Waals surface area (Å²) in [5.41, 5.74) is 5.14. The third-order valence-electron chi connectivity index (χ3n) is 9.68. The number of nitrogens with one attached hydrogen (secondary N) is 3. The van der Waals surface area contributed by atoms with Gasteiger partial charge < -0.3 is 31.3 Å². The highest BCUT2D eigenvalue weighted by Crippen LogP contribution is 2.65. The van der Waals surface area contributed by atoms with E-state index in [1.165, 1.54) is 4.90 Å². The van der Waals surface area contributed by atoms with Gasteiger partial charge in [-0.1, -0.05) is 91.1 Å². The molecule has 3 fully saturated rings. The van der Waals surface area contributed by atoms with Crippen molar-refractivity contribution < 1.29 is 33.5 Å². The molecule has 5 amide bonds. The second-order valence-electron chi connectivity index (χ2n) is 14.7. The number of amides is 5. The van der Waals surface area contributed by atoms with Crippen molar-refractivity contribution in [2.75, 3.05) is 6.54 Å². The van der Waals surface area contributed by atoms with E-state index in [0.717, 1.165) is 18.4 Å². The highest BCUT2D eigenvalue weighted by atomic mass is 16.5. The number of esters is 1. The van der Waals surface area contributed by atoms with Crippen LogP contribution in [-0.4, -0.2) is 71.1 Å². The molecule has 0 aromatic heterocycles. The lowest BCUT2D eigenvalue weighted by Gasteiger charge is -2.38. The Morgan fingerprint density at radius 1 is 1.00 bits per heavy atom. The number of rotatable bonds is 14. The van der Waals surface area contributed by atoms with Crippen molar-refractivity contribution in [3.8, 4) is 0 Å². The minimum absolute atomic E-state index is 0.0590. The molecule has 2 saturated carbocycles. The molecule has 1 aromatic rings. The second-order valence-corrected chi connectivity index (χ2v) is 14.7. The van der Waals surface area contributed by atoms with Crippen LogP contribution in [0.25, 0.3) is 0 Å². The molecule has 0 bridgehead atoms. The molecule has 252 valence electrons. The summed E-state index contributed by atoms with van der Waals surface area (Å²) in [6, 6.07) is 4.62. The van der Waals surface area contributed by atoms with Crippen LogP contribution >= 0.6 is 0 Å². The predicted molar refractivity (Wildman–Crippen MR) is 170 cm³/mol. The van der Waals surface area contributed by atoms with Crippen LogP contribution in [0.15, 0.2) is 30.3 Å². The Labute approximate surface area is 270 Å². The molecule has 12 heteroatoms. The van der Waals surface area contributed by atoms with Crippen molar-refractivity contribution in [1.29, 1.82) is 0 Å². The molecule has 0 radical (unpaired) electrons. The smallest absolute Gasteiger partial charge is 0.329 e. The maximum Gasteiger partial charge on any atom is 0.329 e. The maximum atomic E-state index is 14.2. The number of fused-ring (bicyclic) bond motifs is 1. The van der Waals surface area contributed by atoms with Gasteiger partial charge in [-0.25, -0.2) is 9.59 Å². The average Bonchev–Trinajstić information content (AvgIpc) is 3.84. The minimum atomic E-state index is -1.11. The van der Waals surface area contributed by atoms with E-state index in [4.69, 9.17) is 10.5 Å². The molecule has 1 unspecified atom stereocenters. The number of Topliss-reactive ketones (excluding diaryl/α,β-unsaturated/α-hetero) is 1. The lowest BCUT2D eigenvalue weighted by atomic mass is 9.85. The van der Waals surface area contributed by atoms with E-state index < -0.39 is 65.1 Å². The van der Waals surface area contributed by atoms with Crippen LogP contribution in [0.5, 0.6) is 0 Å². The fourth-order valence-electron chi connectivity index (χ4n) is 6.67. The quantitative estimate of drug-likeness (QED) is 0.178. The first-order valence-electron chi connectivity index (χ1n) is 16.3. The number of hydrogen-bond donors (Lipinski definition) is 4. The van der Waals surface area contributed by atoms with E-state index in [1.807, 2.05) is 51.1 Å². The summed E-state index contributed by atoms with van der Waals surface area (Å²) in [4.78, 5) is 80.1. The molecule has 6 atom stereocenters. The second kappa shape index (κ2) is 13.8. The zero-order valence-corrected chi connectivity index (χ0v) is 27.8. The van der Waals surface area contributed by atoms with Gasteiger partial charge in [0.05, 0.1) is 6.04 Å². The average molecular weight is 640 g/mol. The topological polar surface area (TPSA) is 177 Å². The number of carbonyl (C=O) groups excluding carboxylic acids is 6. The first-order chi connectivity index (χ1) is 21.6. The Hall–Kier alpha value is -3.96. The van der Waals surface area contributed by atoms with Crippen molar-refractivity contribution >= 4 is 35.5 Å². The number of benzene rings is 1. The number of piperidine rings is 1. The Bertz CT molecular complexity index is 1340. The number of primary amides is 1. The first-order valence-corrected chi connectivity index (χ1v) is 16.3. The lowest BCUT2D eigenvalue weighted by molar-refractivity contribution is -0.147. The standard InChI is InChI=1S/C34H49N5O7/c1-7-11-22(31(44)46-18-20-12-9-8-10-13-20)37-32(45)38-27(33(2,3)4)30(43)39-17-21-24(34(21,5)6)25(39)29(42)36-23(16-19-14-15-19)26(40)28(35)41/h8-10,12-13,19,21-25,27H,7,11,14-18H2,1-6H3,(H2,35,41)(H,36,42)(H2,37,38,45)/t21-,22-,23?,24-,25-,27+/m0/s1. The summed E-state index contributed by atoms with van der Waals surface area (Å²) in [5, 5.41) is 8.21. The first kappa shape index (κ1) is 34.9. The minimum Gasteiger partial charge on any atom is -0.459 e. The predicted octanol–water partition coefficient (Wildman–Crippen LogP) is 2.43. The Kier molecular flexibility index (Phi) is 10.5. The zero-order chi connectivity index (χ0) is 34.0. The largest absolute Gasteiger partial charge is 0.459 e. The Balaban J connectivity index is 1.47. The Morgan fingerprint density at radius 3 is 2.22 bits per heavy atom. The third kappa shape index (κ3) is 8.06. The molecule has 1 aromatic carbocycles. The van der Waals surface area contributed by atoms with E-state index in [0.29, 0.717) is 25.8 Å². The van der Waals surface area contributed by atoms with Gasteiger partial charge in [-0.3, -0.25) is 19.2 Å². The molecule has 0 spiro atoms. The van der Waals surface area contributed by atoms with Gasteiger partial charge in [0, 0.05) is 6.54 Å². The number of likely N-dealkylation sites (tertiary alicyclic amines) is 1. The van der Waals surface area contributed by atoms with Crippen LogP contribution in [0.4, 0.5) is 4.79 Å². The molecule has 46 heavy (non-hydrogen) atoms. The van der Waals surface area contributed by atoms with Crippen LogP contribution in [0, 0.1) is 28.6 Å². The fraction of sp³-hybridized carbons (Fsp3) is 0.647. The molecule has 2 aliphatic carbocycles. The molecule has 12 nitrogen and oxygen atoms in total. The van der Waals surface area contributed by atoms with Gasteiger partial charge in [-0.2, -0.15) is 0 Å². The molecule has 1 aliphatic heterocycles. The Morgan fingerprint density at radius 2 is 1.65 bits per heavy atom. The summed E-state index contributed by atoms with van der Waals surface area (Å²) in [6.07, 6.45) is 3.10. The van der Waals surface area contributed by atoms with Crippen LogP contribution in [0.3, 0.4) is 0 Å². The van der Waals surface area contributed by atoms with Crippen molar-refractivity contribution in [2.45, 2.75) is 104 Å². The number of carbonyl (C=O) groups is 6. The molecule has 1 heterocycles. The fourth-order valence-corrected chi connectivity index (χ4v) is 6.67. The number of ether oxygens (including phenoxy) is 1. The molecule has 5 N–H and O–H groups in total. The number of nitrogens with two attached hydrogens (primary N) is 1. The van der Waals surface area contributed by atoms with Gasteiger partial charge in [-0.05, 0) is 47.0 Å². The number of urea groups is 1. The third-order valence-corrected chi connectivity index (χ3v) is 9.68. The summed E-state index contributed by atoms with van der Waals surface area (Å²) in [7, 11) is 0. The van der Waals surface area contributed by atoms with E-state index in [9.17, 15) is 28.8 Å². The molecule has 4 rings (SSSR count). The van der Waals surface area contributed by atoms with Gasteiger partial charge >= 0.3 is 12.0 Å². The molecule has 1 saturated heterocycles. The summed E-state index contributed by atoms with van der Waals surface area (Å²) >= 11 is 0. The van der Waals surface area contributed by atoms with Gasteiger partial charge in [0.2, 0.25) is 17.6 Å². The highest BCUT2D eigenvalue weighted by molar-refractivity contribution is 6.37. The van der Waals surface area contributed by atoms with E-state index in [1.54, 1.807) is 20.8 Å².